The maximum Gasteiger partial charge on any atom is 0.269 e. The van der Waals surface area contributed by atoms with Gasteiger partial charge in [-0.1, -0.05) is 0 Å². The number of hydrogen-bond donors (Lipinski definition) is 3. The fourth-order valence-electron chi connectivity index (χ4n) is 0.195. The molecule has 0 saturated carbocycles. The van der Waals surface area contributed by atoms with Gasteiger partial charge in [-0.2, -0.15) is 8.42 Å². The second-order valence-corrected chi connectivity index (χ2v) is 3.33. The predicted molar refractivity (Wildman–Crippen MR) is 45.7 cm³/mol. The van der Waals surface area contributed by atoms with E-state index in [0.29, 0.717) is 0 Å². The van der Waals surface area contributed by atoms with Crippen LogP contribution in [0.4, 0.5) is 0 Å². The zero-order chi connectivity index (χ0) is 9.33. The molecule has 0 spiro atoms. The second kappa shape index (κ2) is 10.8. The van der Waals surface area contributed by atoms with Crippen LogP contribution in [0.3, 0.4) is 0 Å². The number of aliphatic hydroxyl groups excluding tert-OH is 2. The first kappa shape index (κ1) is 17.8. The quantitative estimate of drug-likeness (QED) is 0.512. The second-order valence-electron chi connectivity index (χ2n) is 1.47. The monoisotopic (exact) mass is 203 g/mol. The summed E-state index contributed by atoms with van der Waals surface area (Å²) in [6.45, 7) is 1.54. The highest BCUT2D eigenvalue weighted by molar-refractivity contribution is 7.86. The fourth-order valence-corrected chi connectivity index (χ4v) is 0.585. The van der Waals surface area contributed by atoms with Gasteiger partial charge in [0.1, 0.15) is 0 Å². The lowest BCUT2D eigenvalue weighted by Crippen LogP contribution is -2.10. The topological polar surface area (TPSA) is 119 Å². The van der Waals surface area contributed by atoms with Crippen molar-refractivity contribution in [1.29, 1.82) is 0 Å². The molecule has 0 atom stereocenters. The Morgan fingerprint density at radius 3 is 1.75 bits per heavy atom. The zero-order valence-corrected chi connectivity index (χ0v) is 8.17. The van der Waals surface area contributed by atoms with E-state index in [2.05, 4.69) is 4.18 Å². The van der Waals surface area contributed by atoms with Crippen molar-refractivity contribution >= 4 is 10.1 Å². The molecule has 0 radical (unpaired) electrons. The van der Waals surface area contributed by atoms with Crippen molar-refractivity contribution in [2.45, 2.75) is 6.92 Å². The summed E-state index contributed by atoms with van der Waals surface area (Å²) in [7, 11) is -2.36. The van der Waals surface area contributed by atoms with Crippen molar-refractivity contribution in [2.75, 3.05) is 26.1 Å². The minimum atomic E-state index is -3.42. The van der Waals surface area contributed by atoms with Gasteiger partial charge in [0.05, 0.1) is 19.5 Å². The molecule has 0 aromatic carbocycles. The number of rotatable bonds is 3. The zero-order valence-electron chi connectivity index (χ0n) is 7.36. The summed E-state index contributed by atoms with van der Waals surface area (Å²) in [4.78, 5) is 0. The SMILES string of the molecule is CCO.COS(=O)(=O)CCO.N. The first-order chi connectivity index (χ1) is 5.04. The molecule has 0 amide bonds. The molecular weight excluding hydrogens is 186 g/mol. The molecule has 0 aliphatic carbocycles. The van der Waals surface area contributed by atoms with Crippen LogP contribution in [0.15, 0.2) is 0 Å². The lowest BCUT2D eigenvalue weighted by atomic mass is 10.9. The van der Waals surface area contributed by atoms with E-state index >= 15 is 0 Å². The Labute approximate surface area is 72.9 Å². The van der Waals surface area contributed by atoms with Gasteiger partial charge in [0.2, 0.25) is 0 Å². The van der Waals surface area contributed by atoms with Crippen LogP contribution < -0.4 is 6.15 Å². The largest absolute Gasteiger partial charge is 0.397 e. The van der Waals surface area contributed by atoms with Gasteiger partial charge < -0.3 is 16.4 Å². The van der Waals surface area contributed by atoms with Gasteiger partial charge in [-0.05, 0) is 6.92 Å². The average molecular weight is 203 g/mol. The van der Waals surface area contributed by atoms with Gasteiger partial charge in [-0.25, -0.2) is 0 Å². The number of aliphatic hydroxyl groups is 2. The van der Waals surface area contributed by atoms with Gasteiger partial charge in [-0.15, -0.1) is 0 Å². The molecule has 0 aromatic heterocycles. The van der Waals surface area contributed by atoms with Crippen LogP contribution in [0.2, 0.25) is 0 Å². The molecule has 78 valence electrons. The molecule has 0 rings (SSSR count). The van der Waals surface area contributed by atoms with Crippen LogP contribution in [0.1, 0.15) is 6.92 Å². The Morgan fingerprint density at radius 1 is 1.33 bits per heavy atom. The van der Waals surface area contributed by atoms with E-state index in [1.807, 2.05) is 0 Å². The Balaban J connectivity index is -0.000000177. The van der Waals surface area contributed by atoms with E-state index in [4.69, 9.17) is 10.2 Å². The van der Waals surface area contributed by atoms with E-state index < -0.39 is 16.7 Å². The molecule has 0 aliphatic heterocycles. The summed E-state index contributed by atoms with van der Waals surface area (Å²) in [6.07, 6.45) is 0. The summed E-state index contributed by atoms with van der Waals surface area (Å²) in [5.74, 6) is -0.330. The highest BCUT2D eigenvalue weighted by Crippen LogP contribution is 1.86. The van der Waals surface area contributed by atoms with E-state index in [1.165, 1.54) is 0 Å². The molecule has 7 heteroatoms. The third-order valence-electron chi connectivity index (χ3n) is 0.595. The Morgan fingerprint density at radius 2 is 1.67 bits per heavy atom. The molecule has 0 bridgehead atoms. The van der Waals surface area contributed by atoms with Crippen molar-refractivity contribution < 1.29 is 22.8 Å². The maximum absolute atomic E-state index is 10.2. The van der Waals surface area contributed by atoms with E-state index in [0.717, 1.165) is 7.11 Å². The number of hydrogen-bond acceptors (Lipinski definition) is 6. The molecule has 0 aromatic rings. The van der Waals surface area contributed by atoms with Crippen LogP contribution in [-0.2, 0) is 14.3 Å². The van der Waals surface area contributed by atoms with Crippen LogP contribution in [0, 0.1) is 0 Å². The highest BCUT2D eigenvalue weighted by atomic mass is 32.2. The van der Waals surface area contributed by atoms with Gasteiger partial charge in [0, 0.05) is 6.61 Å². The fraction of sp³-hybridized carbons (Fsp3) is 1.00. The van der Waals surface area contributed by atoms with Crippen molar-refractivity contribution in [3.05, 3.63) is 0 Å². The molecule has 0 unspecified atom stereocenters. The molecule has 0 heterocycles. The molecule has 6 nitrogen and oxygen atoms in total. The van der Waals surface area contributed by atoms with Gasteiger partial charge in [0.25, 0.3) is 10.1 Å². The van der Waals surface area contributed by atoms with E-state index in [1.54, 1.807) is 6.92 Å². The summed E-state index contributed by atoms with van der Waals surface area (Å²) in [5, 5.41) is 15.6. The van der Waals surface area contributed by atoms with Crippen molar-refractivity contribution in [3.8, 4) is 0 Å². The third kappa shape index (κ3) is 16.4. The molecule has 12 heavy (non-hydrogen) atoms. The normalized spacial score (nSPS) is 9.33. The van der Waals surface area contributed by atoms with Crippen molar-refractivity contribution in [2.24, 2.45) is 0 Å². The average Bonchev–Trinajstić information content (AvgIpc) is 1.90. The van der Waals surface area contributed by atoms with Crippen LogP contribution >= 0.6 is 0 Å². The summed E-state index contributed by atoms with van der Waals surface area (Å²) in [5.41, 5.74) is 0. The molecule has 5 N–H and O–H groups in total. The first-order valence-corrected chi connectivity index (χ1v) is 4.61. The molecule has 0 aliphatic rings. The minimum absolute atomic E-state index is 0. The predicted octanol–water partition coefficient (Wildman–Crippen LogP) is -0.884. The third-order valence-corrected chi connectivity index (χ3v) is 1.79. The van der Waals surface area contributed by atoms with Gasteiger partial charge in [0.15, 0.2) is 0 Å². The molecular formula is C5H17NO5S. The van der Waals surface area contributed by atoms with Crippen LogP contribution in [0.25, 0.3) is 0 Å². The van der Waals surface area contributed by atoms with Crippen LogP contribution in [0.5, 0.6) is 0 Å². The smallest absolute Gasteiger partial charge is 0.269 e. The first-order valence-electron chi connectivity index (χ1n) is 3.04. The maximum atomic E-state index is 10.2. The van der Waals surface area contributed by atoms with Crippen molar-refractivity contribution in [1.82, 2.24) is 6.15 Å². The Bertz CT molecular complexity index is 155. The molecule has 0 fully saturated rings. The Hall–Kier alpha value is -0.210. The lowest BCUT2D eigenvalue weighted by Gasteiger charge is -1.94. The van der Waals surface area contributed by atoms with Gasteiger partial charge in [-0.3, -0.25) is 4.18 Å². The lowest BCUT2D eigenvalue weighted by molar-refractivity contribution is 0.310. The summed E-state index contributed by atoms with van der Waals surface area (Å²) >= 11 is 0. The Kier molecular flexibility index (Phi) is 16.0. The van der Waals surface area contributed by atoms with Crippen LogP contribution in [-0.4, -0.2) is 44.7 Å². The summed E-state index contributed by atoms with van der Waals surface area (Å²) < 4.78 is 24.4. The van der Waals surface area contributed by atoms with Gasteiger partial charge >= 0.3 is 0 Å². The molecule has 0 saturated heterocycles. The van der Waals surface area contributed by atoms with Crippen molar-refractivity contribution in [3.63, 3.8) is 0 Å². The minimum Gasteiger partial charge on any atom is -0.397 e. The highest BCUT2D eigenvalue weighted by Gasteiger charge is 2.04. The van der Waals surface area contributed by atoms with E-state index in [-0.39, 0.29) is 18.5 Å². The van der Waals surface area contributed by atoms with E-state index in [9.17, 15) is 8.42 Å². The summed E-state index contributed by atoms with van der Waals surface area (Å²) in [6, 6.07) is 0. The standard InChI is InChI=1S/C3H8O4S.C2H6O.H3N/c1-7-8(5,6)3-2-4;1-2-3;/h4H,2-3H2,1H3;3H,2H2,1H3;1H3.